The molecule has 9 nitrogen and oxygen atoms in total. The number of hydrogen-bond acceptors (Lipinski definition) is 8. The van der Waals surface area contributed by atoms with E-state index < -0.39 is 0 Å². The predicted octanol–water partition coefficient (Wildman–Crippen LogP) is 2.20. The standard InChI is InChI=1S/C14H19N5O4.C2H6.CH4/c1-9(20)22-6-11(7-23-10(2)21)3-4-19-8-17-12-5-16-14(15)18-13(12)19;1-2;/h5,8,11H,3-4,6-7H2,1-2H3,(H2,15,16,18);1-2H3;1H4. The Hall–Kier alpha value is -2.71. The number of aryl methyl sites for hydroxylation is 1. The Morgan fingerprint density at radius 3 is 2.27 bits per heavy atom. The van der Waals surface area contributed by atoms with Crippen LogP contribution in [0.2, 0.25) is 0 Å². The molecule has 0 aliphatic carbocycles. The van der Waals surface area contributed by atoms with Crippen molar-refractivity contribution < 1.29 is 19.1 Å². The van der Waals surface area contributed by atoms with Crippen molar-refractivity contribution in [1.29, 1.82) is 0 Å². The number of nitrogens with two attached hydrogens (primary N) is 1. The molecule has 2 aromatic heterocycles. The first kappa shape index (κ1) is 23.3. The summed E-state index contributed by atoms with van der Waals surface area (Å²) in [5.74, 6) is -0.673. The number of fused-ring (bicyclic) bond motifs is 1. The molecule has 146 valence electrons. The number of nitrogen functional groups attached to an aromatic ring is 1. The lowest BCUT2D eigenvalue weighted by Gasteiger charge is -2.16. The molecule has 26 heavy (non-hydrogen) atoms. The van der Waals surface area contributed by atoms with E-state index in [1.165, 1.54) is 13.8 Å². The van der Waals surface area contributed by atoms with Crippen molar-refractivity contribution in [2.45, 2.75) is 48.1 Å². The van der Waals surface area contributed by atoms with Gasteiger partial charge in [0, 0.05) is 26.3 Å². The van der Waals surface area contributed by atoms with Gasteiger partial charge < -0.3 is 19.8 Å². The largest absolute Gasteiger partial charge is 0.465 e. The van der Waals surface area contributed by atoms with Gasteiger partial charge in [0.2, 0.25) is 5.95 Å². The monoisotopic (exact) mass is 367 g/mol. The van der Waals surface area contributed by atoms with Gasteiger partial charge in [0.1, 0.15) is 5.52 Å². The molecule has 0 saturated carbocycles. The lowest BCUT2D eigenvalue weighted by molar-refractivity contribution is -0.146. The van der Waals surface area contributed by atoms with Crippen molar-refractivity contribution in [2.24, 2.45) is 5.92 Å². The second-order valence-corrected chi connectivity index (χ2v) is 5.13. The summed E-state index contributed by atoms with van der Waals surface area (Å²) in [7, 11) is 0. The number of carbonyl (C=O) groups excluding carboxylic acids is 2. The van der Waals surface area contributed by atoms with Gasteiger partial charge in [0.25, 0.3) is 0 Å². The Morgan fingerprint density at radius 2 is 1.73 bits per heavy atom. The van der Waals surface area contributed by atoms with Crippen LogP contribution < -0.4 is 5.73 Å². The van der Waals surface area contributed by atoms with Gasteiger partial charge in [0.15, 0.2) is 5.65 Å². The third kappa shape index (κ3) is 7.45. The highest BCUT2D eigenvalue weighted by Crippen LogP contribution is 2.13. The second-order valence-electron chi connectivity index (χ2n) is 5.13. The van der Waals surface area contributed by atoms with Crippen molar-refractivity contribution >= 4 is 29.1 Å². The van der Waals surface area contributed by atoms with Gasteiger partial charge in [0.05, 0.1) is 25.7 Å². The summed E-state index contributed by atoms with van der Waals surface area (Å²) in [5, 5.41) is 0. The molecule has 0 bridgehead atoms. The van der Waals surface area contributed by atoms with Crippen LogP contribution >= 0.6 is 0 Å². The van der Waals surface area contributed by atoms with Crippen molar-refractivity contribution in [3.8, 4) is 0 Å². The highest BCUT2D eigenvalue weighted by atomic mass is 16.5. The van der Waals surface area contributed by atoms with Crippen LogP contribution in [0.25, 0.3) is 11.2 Å². The molecule has 0 radical (unpaired) electrons. The summed E-state index contributed by atoms with van der Waals surface area (Å²) in [5.41, 5.74) is 6.88. The van der Waals surface area contributed by atoms with E-state index in [0.29, 0.717) is 24.1 Å². The molecule has 0 unspecified atom stereocenters. The molecule has 2 N–H and O–H groups in total. The molecular formula is C17H29N5O4. The number of anilines is 1. The van der Waals surface area contributed by atoms with Gasteiger partial charge in [-0.05, 0) is 6.42 Å². The highest BCUT2D eigenvalue weighted by Gasteiger charge is 2.14. The first-order valence-electron chi connectivity index (χ1n) is 8.15. The molecule has 2 rings (SSSR count). The van der Waals surface area contributed by atoms with Gasteiger partial charge in [-0.25, -0.2) is 9.97 Å². The summed E-state index contributed by atoms with van der Waals surface area (Å²) < 4.78 is 11.9. The fourth-order valence-corrected chi connectivity index (χ4v) is 2.04. The number of hydrogen-bond donors (Lipinski definition) is 1. The third-order valence-electron chi connectivity index (χ3n) is 3.20. The maximum atomic E-state index is 11.0. The Kier molecular flexibility index (Phi) is 10.5. The lowest BCUT2D eigenvalue weighted by atomic mass is 10.1. The van der Waals surface area contributed by atoms with Crippen LogP contribution in [0.5, 0.6) is 0 Å². The maximum absolute atomic E-state index is 11.0. The first-order valence-corrected chi connectivity index (χ1v) is 8.15. The highest BCUT2D eigenvalue weighted by molar-refractivity contribution is 5.70. The van der Waals surface area contributed by atoms with Crippen molar-refractivity contribution in [2.75, 3.05) is 18.9 Å². The molecular weight excluding hydrogens is 338 g/mol. The molecule has 0 aliphatic rings. The van der Waals surface area contributed by atoms with Gasteiger partial charge in [-0.2, -0.15) is 4.98 Å². The smallest absolute Gasteiger partial charge is 0.302 e. The van der Waals surface area contributed by atoms with Crippen LogP contribution in [0.15, 0.2) is 12.5 Å². The summed E-state index contributed by atoms with van der Waals surface area (Å²) >= 11 is 0. The van der Waals surface area contributed by atoms with E-state index in [1.54, 1.807) is 12.5 Å². The number of rotatable bonds is 7. The van der Waals surface area contributed by atoms with Crippen LogP contribution in [-0.2, 0) is 25.6 Å². The molecule has 9 heteroatoms. The van der Waals surface area contributed by atoms with E-state index in [-0.39, 0.29) is 44.4 Å². The minimum Gasteiger partial charge on any atom is -0.465 e. The van der Waals surface area contributed by atoms with Crippen LogP contribution in [0, 0.1) is 5.92 Å². The minimum atomic E-state index is -0.369. The number of nitrogens with zero attached hydrogens (tertiary/aromatic N) is 4. The van der Waals surface area contributed by atoms with E-state index in [0.717, 1.165) is 0 Å². The van der Waals surface area contributed by atoms with Crippen molar-refractivity contribution in [3.63, 3.8) is 0 Å². The topological polar surface area (TPSA) is 122 Å². The normalized spacial score (nSPS) is 9.88. The SMILES string of the molecule is C.CC.CC(=O)OCC(CCn1cnc2cnc(N)nc21)COC(C)=O. The van der Waals surface area contributed by atoms with E-state index in [2.05, 4.69) is 15.0 Å². The van der Waals surface area contributed by atoms with Crippen LogP contribution in [0.1, 0.15) is 41.5 Å². The zero-order chi connectivity index (χ0) is 18.8. The number of aromatic nitrogens is 4. The third-order valence-corrected chi connectivity index (χ3v) is 3.20. The molecule has 0 atom stereocenters. The predicted molar refractivity (Wildman–Crippen MR) is 99.2 cm³/mol. The van der Waals surface area contributed by atoms with Gasteiger partial charge in [-0.1, -0.05) is 21.3 Å². The van der Waals surface area contributed by atoms with E-state index in [4.69, 9.17) is 15.2 Å². The number of esters is 2. The van der Waals surface area contributed by atoms with E-state index in [1.807, 2.05) is 18.4 Å². The number of ether oxygens (including phenoxy) is 2. The summed E-state index contributed by atoms with van der Waals surface area (Å²) in [6.07, 6.45) is 3.83. The Bertz CT molecular complexity index is 684. The maximum Gasteiger partial charge on any atom is 0.302 e. The van der Waals surface area contributed by atoms with Crippen LogP contribution in [-0.4, -0.2) is 44.7 Å². The quantitative estimate of drug-likeness (QED) is 0.739. The van der Waals surface area contributed by atoms with Crippen LogP contribution in [0.4, 0.5) is 5.95 Å². The zero-order valence-corrected chi connectivity index (χ0v) is 15.1. The minimum absolute atomic E-state index is 0. The van der Waals surface area contributed by atoms with Gasteiger partial charge in [-0.15, -0.1) is 0 Å². The molecule has 0 fully saturated rings. The molecule has 2 aromatic rings. The Balaban J connectivity index is 0.00000201. The van der Waals surface area contributed by atoms with Gasteiger partial charge in [-0.3, -0.25) is 9.59 Å². The van der Waals surface area contributed by atoms with E-state index in [9.17, 15) is 9.59 Å². The summed E-state index contributed by atoms with van der Waals surface area (Å²) in [4.78, 5) is 34.2. The summed E-state index contributed by atoms with van der Waals surface area (Å²) in [6, 6.07) is 0. The van der Waals surface area contributed by atoms with Crippen LogP contribution in [0.3, 0.4) is 0 Å². The average molecular weight is 367 g/mol. The van der Waals surface area contributed by atoms with Crippen molar-refractivity contribution in [3.05, 3.63) is 12.5 Å². The molecule has 2 heterocycles. The zero-order valence-electron chi connectivity index (χ0n) is 15.1. The molecule has 0 aliphatic heterocycles. The first-order chi connectivity index (χ1) is 12.0. The molecule has 0 aromatic carbocycles. The Morgan fingerprint density at radius 1 is 1.15 bits per heavy atom. The van der Waals surface area contributed by atoms with Crippen molar-refractivity contribution in [1.82, 2.24) is 19.5 Å². The fourth-order valence-electron chi connectivity index (χ4n) is 2.04. The lowest BCUT2D eigenvalue weighted by Crippen LogP contribution is -2.21. The van der Waals surface area contributed by atoms with E-state index >= 15 is 0 Å². The average Bonchev–Trinajstić information content (AvgIpc) is 2.98. The fraction of sp³-hybridized carbons (Fsp3) is 0.588. The molecule has 0 amide bonds. The molecule has 0 spiro atoms. The summed E-state index contributed by atoms with van der Waals surface area (Å²) in [6.45, 7) is 7.62. The molecule has 0 saturated heterocycles. The second kappa shape index (κ2) is 11.8. The number of imidazole rings is 1. The van der Waals surface area contributed by atoms with Gasteiger partial charge >= 0.3 is 11.9 Å². The Labute approximate surface area is 153 Å². The number of carbonyl (C=O) groups is 2.